The molecule has 1 amide bonds. The molecule has 5 nitrogen and oxygen atoms in total. The lowest BCUT2D eigenvalue weighted by Crippen LogP contribution is -2.46. The van der Waals surface area contributed by atoms with E-state index in [0.717, 1.165) is 24.9 Å². The minimum Gasteiger partial charge on any atom is -0.349 e. The number of H-pyrrole nitrogens is 1. The Bertz CT molecular complexity index is 652. The molecule has 1 saturated heterocycles. The van der Waals surface area contributed by atoms with Crippen LogP contribution in [0.15, 0.2) is 30.5 Å². The van der Waals surface area contributed by atoms with E-state index in [1.807, 2.05) is 0 Å². The van der Waals surface area contributed by atoms with E-state index in [-0.39, 0.29) is 17.8 Å². The number of nitrogens with zero attached hydrogens (tertiary/aromatic N) is 1. The molecule has 116 valence electrons. The Morgan fingerprint density at radius 2 is 2.14 bits per heavy atom. The topological polar surface area (TPSA) is 69.8 Å². The van der Waals surface area contributed by atoms with Crippen LogP contribution in [0.2, 0.25) is 0 Å². The first-order valence-corrected chi connectivity index (χ1v) is 7.47. The van der Waals surface area contributed by atoms with E-state index in [1.165, 1.54) is 18.3 Å². The fourth-order valence-electron chi connectivity index (χ4n) is 2.82. The van der Waals surface area contributed by atoms with Gasteiger partial charge in [-0.2, -0.15) is 5.10 Å². The summed E-state index contributed by atoms with van der Waals surface area (Å²) in [6, 6.07) is 6.57. The van der Waals surface area contributed by atoms with Crippen molar-refractivity contribution in [2.45, 2.75) is 31.8 Å². The van der Waals surface area contributed by atoms with Crippen LogP contribution >= 0.6 is 0 Å². The maximum absolute atomic E-state index is 13.0. The van der Waals surface area contributed by atoms with Crippen LogP contribution in [0.4, 0.5) is 4.39 Å². The Morgan fingerprint density at radius 3 is 2.86 bits per heavy atom. The Balaban J connectivity index is 1.76. The number of piperidine rings is 1. The summed E-state index contributed by atoms with van der Waals surface area (Å²) < 4.78 is 13.0. The van der Waals surface area contributed by atoms with Crippen molar-refractivity contribution >= 4 is 5.91 Å². The van der Waals surface area contributed by atoms with Crippen molar-refractivity contribution in [2.24, 2.45) is 0 Å². The molecule has 0 bridgehead atoms. The van der Waals surface area contributed by atoms with E-state index >= 15 is 0 Å². The van der Waals surface area contributed by atoms with Crippen LogP contribution in [-0.2, 0) is 0 Å². The summed E-state index contributed by atoms with van der Waals surface area (Å²) in [5.41, 5.74) is 1.83. The maximum Gasteiger partial charge on any atom is 0.255 e. The van der Waals surface area contributed by atoms with Gasteiger partial charge >= 0.3 is 0 Å². The number of rotatable bonds is 3. The fraction of sp³-hybridized carbons (Fsp3) is 0.375. The van der Waals surface area contributed by atoms with Crippen molar-refractivity contribution in [1.29, 1.82) is 0 Å². The van der Waals surface area contributed by atoms with E-state index < -0.39 is 0 Å². The van der Waals surface area contributed by atoms with Crippen molar-refractivity contribution < 1.29 is 9.18 Å². The minimum atomic E-state index is -0.307. The predicted octanol–water partition coefficient (Wildman–Crippen LogP) is 2.09. The lowest BCUT2D eigenvalue weighted by Gasteiger charge is -2.28. The van der Waals surface area contributed by atoms with Crippen LogP contribution in [-0.4, -0.2) is 34.7 Å². The molecular formula is C16H19FN4O. The molecule has 0 aliphatic carbocycles. The molecule has 0 spiro atoms. The Morgan fingerprint density at radius 1 is 1.36 bits per heavy atom. The number of halogens is 1. The Labute approximate surface area is 128 Å². The number of amides is 1. The molecule has 0 radical (unpaired) electrons. The highest BCUT2D eigenvalue weighted by Gasteiger charge is 2.22. The van der Waals surface area contributed by atoms with Crippen molar-refractivity contribution in [3.8, 4) is 11.3 Å². The standard InChI is InChI=1S/C16H19FN4O/c1-10-8-13(6-7-18-10)20-16(22)14-9-19-21-15(14)11-2-4-12(17)5-3-11/h2-5,9-10,13,18H,6-8H2,1H3,(H,19,21)(H,20,22). The summed E-state index contributed by atoms with van der Waals surface area (Å²) in [4.78, 5) is 12.5. The summed E-state index contributed by atoms with van der Waals surface area (Å²) in [6.45, 7) is 3.02. The Kier molecular flexibility index (Phi) is 4.20. The average Bonchev–Trinajstić information content (AvgIpc) is 2.97. The number of aromatic amines is 1. The molecule has 1 aromatic carbocycles. The molecule has 3 N–H and O–H groups in total. The van der Waals surface area contributed by atoms with Crippen LogP contribution in [0, 0.1) is 5.82 Å². The van der Waals surface area contributed by atoms with E-state index in [9.17, 15) is 9.18 Å². The molecule has 1 fully saturated rings. The molecule has 1 aliphatic heterocycles. The average molecular weight is 302 g/mol. The lowest BCUT2D eigenvalue weighted by atomic mass is 10.00. The third kappa shape index (κ3) is 3.17. The van der Waals surface area contributed by atoms with E-state index in [0.29, 0.717) is 17.3 Å². The van der Waals surface area contributed by atoms with Crippen LogP contribution in [0.25, 0.3) is 11.3 Å². The predicted molar refractivity (Wildman–Crippen MR) is 81.9 cm³/mol. The minimum absolute atomic E-state index is 0.146. The van der Waals surface area contributed by atoms with E-state index in [4.69, 9.17) is 0 Å². The molecule has 3 rings (SSSR count). The summed E-state index contributed by atoms with van der Waals surface area (Å²) in [5.74, 6) is -0.454. The molecular weight excluding hydrogens is 283 g/mol. The summed E-state index contributed by atoms with van der Waals surface area (Å²) in [6.07, 6.45) is 3.34. The number of aromatic nitrogens is 2. The number of carbonyl (C=O) groups excluding carboxylic acids is 1. The summed E-state index contributed by atoms with van der Waals surface area (Å²) in [7, 11) is 0. The normalized spacial score (nSPS) is 21.5. The van der Waals surface area contributed by atoms with Gasteiger partial charge in [0.25, 0.3) is 5.91 Å². The Hall–Kier alpha value is -2.21. The van der Waals surface area contributed by atoms with Gasteiger partial charge in [0.05, 0.1) is 17.5 Å². The molecule has 2 aromatic rings. The van der Waals surface area contributed by atoms with Gasteiger partial charge in [-0.1, -0.05) is 0 Å². The van der Waals surface area contributed by atoms with Gasteiger partial charge in [0.15, 0.2) is 0 Å². The SMILES string of the molecule is CC1CC(NC(=O)c2cn[nH]c2-c2ccc(F)cc2)CCN1. The van der Waals surface area contributed by atoms with Crippen LogP contribution in [0.1, 0.15) is 30.1 Å². The number of hydrogen-bond acceptors (Lipinski definition) is 3. The second kappa shape index (κ2) is 6.27. The maximum atomic E-state index is 13.0. The largest absolute Gasteiger partial charge is 0.349 e. The zero-order valence-corrected chi connectivity index (χ0v) is 12.4. The smallest absolute Gasteiger partial charge is 0.255 e. The molecule has 1 aromatic heterocycles. The number of hydrogen-bond donors (Lipinski definition) is 3. The second-order valence-electron chi connectivity index (χ2n) is 5.72. The van der Waals surface area contributed by atoms with Crippen molar-refractivity contribution in [3.63, 3.8) is 0 Å². The molecule has 1 aliphatic rings. The molecule has 22 heavy (non-hydrogen) atoms. The molecule has 2 heterocycles. The molecule has 2 unspecified atom stereocenters. The molecule has 2 atom stereocenters. The number of nitrogens with one attached hydrogen (secondary N) is 3. The third-order valence-electron chi connectivity index (χ3n) is 3.98. The van der Waals surface area contributed by atoms with E-state index in [1.54, 1.807) is 12.1 Å². The highest BCUT2D eigenvalue weighted by molar-refractivity contribution is 5.99. The van der Waals surface area contributed by atoms with Gasteiger partial charge < -0.3 is 10.6 Å². The lowest BCUT2D eigenvalue weighted by molar-refractivity contribution is 0.0926. The quantitative estimate of drug-likeness (QED) is 0.813. The third-order valence-corrected chi connectivity index (χ3v) is 3.98. The van der Waals surface area contributed by atoms with Gasteiger partial charge in [-0.15, -0.1) is 0 Å². The molecule has 0 saturated carbocycles. The monoisotopic (exact) mass is 302 g/mol. The van der Waals surface area contributed by atoms with Gasteiger partial charge in [0.2, 0.25) is 0 Å². The first-order chi connectivity index (χ1) is 10.6. The van der Waals surface area contributed by atoms with Crippen molar-refractivity contribution in [1.82, 2.24) is 20.8 Å². The van der Waals surface area contributed by atoms with Crippen molar-refractivity contribution in [2.75, 3.05) is 6.54 Å². The van der Waals surface area contributed by atoms with Crippen LogP contribution in [0.5, 0.6) is 0 Å². The number of carbonyl (C=O) groups is 1. The van der Waals surface area contributed by atoms with Gasteiger partial charge in [-0.3, -0.25) is 9.89 Å². The summed E-state index contributed by atoms with van der Waals surface area (Å²) in [5, 5.41) is 13.2. The van der Waals surface area contributed by atoms with Crippen LogP contribution in [0.3, 0.4) is 0 Å². The first kappa shape index (κ1) is 14.7. The van der Waals surface area contributed by atoms with Gasteiger partial charge in [-0.25, -0.2) is 4.39 Å². The molecule has 6 heteroatoms. The fourth-order valence-corrected chi connectivity index (χ4v) is 2.82. The number of benzene rings is 1. The highest BCUT2D eigenvalue weighted by atomic mass is 19.1. The first-order valence-electron chi connectivity index (χ1n) is 7.47. The summed E-state index contributed by atoms with van der Waals surface area (Å²) >= 11 is 0. The zero-order chi connectivity index (χ0) is 15.5. The van der Waals surface area contributed by atoms with Crippen LogP contribution < -0.4 is 10.6 Å². The highest BCUT2D eigenvalue weighted by Crippen LogP contribution is 2.21. The van der Waals surface area contributed by atoms with Crippen molar-refractivity contribution in [3.05, 3.63) is 41.8 Å². The van der Waals surface area contributed by atoms with Gasteiger partial charge in [-0.05, 0) is 50.6 Å². The zero-order valence-electron chi connectivity index (χ0n) is 12.4. The van der Waals surface area contributed by atoms with Gasteiger partial charge in [0, 0.05) is 17.6 Å². The van der Waals surface area contributed by atoms with Gasteiger partial charge in [0.1, 0.15) is 5.82 Å². The van der Waals surface area contributed by atoms with E-state index in [2.05, 4.69) is 27.8 Å². The second-order valence-corrected chi connectivity index (χ2v) is 5.72.